The van der Waals surface area contributed by atoms with Crippen LogP contribution >= 0.6 is 11.6 Å². The lowest BCUT2D eigenvalue weighted by Gasteiger charge is -2.40. The molecule has 3 heterocycles. The van der Waals surface area contributed by atoms with Gasteiger partial charge in [-0.2, -0.15) is 5.26 Å². The average molecular weight is 395 g/mol. The van der Waals surface area contributed by atoms with E-state index in [2.05, 4.69) is 54.0 Å². The topological polar surface area (TPSA) is 43.2 Å². The fourth-order valence-corrected chi connectivity index (χ4v) is 4.86. The Balaban J connectivity index is 1.65. The SMILES string of the molecule is CC1(C)CCCN(c2nc(C#N)c3c(c2Cl)CN(Cc2ccccc2)CC3)C1. The van der Waals surface area contributed by atoms with E-state index in [1.165, 1.54) is 12.0 Å². The van der Waals surface area contributed by atoms with E-state index in [0.29, 0.717) is 5.69 Å². The summed E-state index contributed by atoms with van der Waals surface area (Å²) in [6.45, 7) is 9.04. The summed E-state index contributed by atoms with van der Waals surface area (Å²) in [5.41, 5.74) is 4.23. The van der Waals surface area contributed by atoms with E-state index >= 15 is 0 Å². The van der Waals surface area contributed by atoms with Gasteiger partial charge < -0.3 is 4.90 Å². The van der Waals surface area contributed by atoms with E-state index in [1.807, 2.05) is 6.07 Å². The fraction of sp³-hybridized carbons (Fsp3) is 0.478. The molecular weight excluding hydrogens is 368 g/mol. The van der Waals surface area contributed by atoms with Crippen LogP contribution in [0.5, 0.6) is 0 Å². The highest BCUT2D eigenvalue weighted by Gasteiger charge is 2.31. The number of rotatable bonds is 3. The van der Waals surface area contributed by atoms with Crippen molar-refractivity contribution in [2.24, 2.45) is 5.41 Å². The van der Waals surface area contributed by atoms with Gasteiger partial charge in [0.15, 0.2) is 0 Å². The van der Waals surface area contributed by atoms with Crippen LogP contribution in [0, 0.1) is 16.7 Å². The molecule has 0 bridgehead atoms. The van der Waals surface area contributed by atoms with Gasteiger partial charge in [-0.1, -0.05) is 55.8 Å². The Labute approximate surface area is 172 Å². The third-order valence-corrected chi connectivity index (χ3v) is 6.34. The van der Waals surface area contributed by atoms with Crippen LogP contribution in [-0.4, -0.2) is 29.5 Å². The van der Waals surface area contributed by atoms with Crippen molar-refractivity contribution in [3.8, 4) is 6.07 Å². The highest BCUT2D eigenvalue weighted by Crippen LogP contribution is 2.38. The van der Waals surface area contributed by atoms with E-state index < -0.39 is 0 Å². The summed E-state index contributed by atoms with van der Waals surface area (Å²) in [6, 6.07) is 12.8. The number of fused-ring (bicyclic) bond motifs is 1. The maximum atomic E-state index is 9.72. The molecule has 1 saturated heterocycles. The van der Waals surface area contributed by atoms with Gasteiger partial charge in [-0.25, -0.2) is 4.98 Å². The maximum absolute atomic E-state index is 9.72. The first-order valence-electron chi connectivity index (χ1n) is 10.1. The molecule has 1 fully saturated rings. The van der Waals surface area contributed by atoms with Gasteiger partial charge in [0, 0.05) is 32.7 Å². The Morgan fingerprint density at radius 3 is 2.68 bits per heavy atom. The molecule has 2 aliphatic rings. The summed E-state index contributed by atoms with van der Waals surface area (Å²) >= 11 is 6.91. The van der Waals surface area contributed by atoms with Crippen molar-refractivity contribution in [3.63, 3.8) is 0 Å². The van der Waals surface area contributed by atoms with Crippen molar-refractivity contribution in [1.82, 2.24) is 9.88 Å². The lowest BCUT2D eigenvalue weighted by Crippen LogP contribution is -2.41. The molecule has 4 rings (SSSR count). The monoisotopic (exact) mass is 394 g/mol. The van der Waals surface area contributed by atoms with Crippen LogP contribution < -0.4 is 4.90 Å². The molecule has 28 heavy (non-hydrogen) atoms. The molecular formula is C23H27ClN4. The molecule has 0 radical (unpaired) electrons. The Hall–Kier alpha value is -2.09. The fourth-order valence-electron chi connectivity index (χ4n) is 4.52. The van der Waals surface area contributed by atoms with Crippen LogP contribution in [0.4, 0.5) is 5.82 Å². The zero-order chi connectivity index (χ0) is 19.7. The minimum absolute atomic E-state index is 0.241. The second-order valence-electron chi connectivity index (χ2n) is 8.80. The standard InChI is InChI=1S/C23H27ClN4/c1-23(2)10-6-11-28(16-23)22-21(24)19-15-27(14-17-7-4-3-5-8-17)12-9-18(19)20(13-25)26-22/h3-5,7-8H,6,9-12,14-16H2,1-2H3. The van der Waals surface area contributed by atoms with Crippen LogP contribution in [-0.2, 0) is 19.5 Å². The summed E-state index contributed by atoms with van der Waals surface area (Å²) < 4.78 is 0. The third-order valence-electron chi connectivity index (χ3n) is 5.94. The molecule has 2 aliphatic heterocycles. The zero-order valence-corrected chi connectivity index (χ0v) is 17.5. The minimum atomic E-state index is 0.241. The van der Waals surface area contributed by atoms with Gasteiger partial charge in [-0.3, -0.25) is 4.90 Å². The number of piperidine rings is 1. The summed E-state index contributed by atoms with van der Waals surface area (Å²) in [5, 5.41) is 10.5. The quantitative estimate of drug-likeness (QED) is 0.750. The van der Waals surface area contributed by atoms with Gasteiger partial charge in [0.05, 0.1) is 5.02 Å². The Morgan fingerprint density at radius 1 is 1.18 bits per heavy atom. The summed E-state index contributed by atoms with van der Waals surface area (Å²) in [4.78, 5) is 9.41. The molecule has 1 aromatic heterocycles. The first kappa shape index (κ1) is 19.2. The van der Waals surface area contributed by atoms with Crippen molar-refractivity contribution < 1.29 is 0 Å². The lowest BCUT2D eigenvalue weighted by atomic mass is 9.84. The zero-order valence-electron chi connectivity index (χ0n) is 16.7. The largest absolute Gasteiger partial charge is 0.355 e. The van der Waals surface area contributed by atoms with Crippen molar-refractivity contribution in [1.29, 1.82) is 5.26 Å². The first-order chi connectivity index (χ1) is 13.5. The maximum Gasteiger partial charge on any atom is 0.149 e. The molecule has 0 saturated carbocycles. The van der Waals surface area contributed by atoms with Crippen molar-refractivity contribution in [2.45, 2.75) is 46.2 Å². The number of pyridine rings is 1. The van der Waals surface area contributed by atoms with Crippen LogP contribution in [0.3, 0.4) is 0 Å². The molecule has 0 atom stereocenters. The van der Waals surface area contributed by atoms with Crippen molar-refractivity contribution in [3.05, 3.63) is 57.7 Å². The summed E-state index contributed by atoms with van der Waals surface area (Å²) in [7, 11) is 0. The average Bonchev–Trinajstić information content (AvgIpc) is 2.68. The lowest BCUT2D eigenvalue weighted by molar-refractivity contribution is 0.245. The van der Waals surface area contributed by atoms with Gasteiger partial charge in [-0.15, -0.1) is 0 Å². The number of aromatic nitrogens is 1. The van der Waals surface area contributed by atoms with E-state index in [1.54, 1.807) is 0 Å². The molecule has 5 heteroatoms. The van der Waals surface area contributed by atoms with Gasteiger partial charge in [-0.05, 0) is 41.4 Å². The second kappa shape index (κ2) is 7.73. The molecule has 146 valence electrons. The predicted octanol–water partition coefficient (Wildman–Crippen LogP) is 4.79. The number of anilines is 1. The molecule has 1 aromatic carbocycles. The summed E-state index contributed by atoms with van der Waals surface area (Å²) in [5.74, 6) is 0.798. The van der Waals surface area contributed by atoms with E-state index in [-0.39, 0.29) is 5.41 Å². The Kier molecular flexibility index (Phi) is 5.31. The van der Waals surface area contributed by atoms with Gasteiger partial charge in [0.25, 0.3) is 0 Å². The molecule has 0 spiro atoms. The summed E-state index contributed by atoms with van der Waals surface area (Å²) in [6.07, 6.45) is 3.16. The number of nitriles is 1. The molecule has 2 aromatic rings. The number of nitrogens with zero attached hydrogens (tertiary/aromatic N) is 4. The van der Waals surface area contributed by atoms with E-state index in [0.717, 1.165) is 67.5 Å². The highest BCUT2D eigenvalue weighted by molar-refractivity contribution is 6.34. The number of hydrogen-bond donors (Lipinski definition) is 0. The Morgan fingerprint density at radius 2 is 1.96 bits per heavy atom. The van der Waals surface area contributed by atoms with Crippen molar-refractivity contribution in [2.75, 3.05) is 24.5 Å². The number of halogens is 1. The van der Waals surface area contributed by atoms with E-state index in [9.17, 15) is 5.26 Å². The highest BCUT2D eigenvalue weighted by atomic mass is 35.5. The minimum Gasteiger partial charge on any atom is -0.355 e. The molecule has 0 N–H and O–H groups in total. The molecule has 0 aliphatic carbocycles. The van der Waals surface area contributed by atoms with Crippen molar-refractivity contribution >= 4 is 17.4 Å². The van der Waals surface area contributed by atoms with Crippen LogP contribution in [0.2, 0.25) is 5.02 Å². The van der Waals surface area contributed by atoms with Crippen LogP contribution in [0.1, 0.15) is 49.1 Å². The predicted molar refractivity (Wildman–Crippen MR) is 113 cm³/mol. The molecule has 0 unspecified atom stereocenters. The van der Waals surface area contributed by atoms with Gasteiger partial charge in [0.2, 0.25) is 0 Å². The normalized spacial score (nSPS) is 19.1. The van der Waals surface area contributed by atoms with Gasteiger partial charge in [0.1, 0.15) is 17.6 Å². The second-order valence-corrected chi connectivity index (χ2v) is 9.18. The van der Waals surface area contributed by atoms with E-state index in [4.69, 9.17) is 16.6 Å². The van der Waals surface area contributed by atoms with Gasteiger partial charge >= 0.3 is 0 Å². The number of benzene rings is 1. The Bertz CT molecular complexity index is 901. The molecule has 4 nitrogen and oxygen atoms in total. The number of hydrogen-bond acceptors (Lipinski definition) is 4. The third kappa shape index (κ3) is 3.87. The molecule has 0 amide bonds. The van der Waals surface area contributed by atoms with Crippen LogP contribution in [0.15, 0.2) is 30.3 Å². The smallest absolute Gasteiger partial charge is 0.149 e. The van der Waals surface area contributed by atoms with Crippen LogP contribution in [0.25, 0.3) is 0 Å². The first-order valence-corrected chi connectivity index (χ1v) is 10.5.